The number of likely N-dealkylation sites (N-methyl/N-ethyl adjacent to an activating group) is 1. The van der Waals surface area contributed by atoms with Gasteiger partial charge in [0.2, 0.25) is 5.91 Å². The van der Waals surface area contributed by atoms with Crippen LogP contribution < -0.4 is 4.90 Å². The van der Waals surface area contributed by atoms with Crippen molar-refractivity contribution in [1.82, 2.24) is 18.5 Å². The molecule has 1 atom stereocenters. The highest BCUT2D eigenvalue weighted by Gasteiger charge is 2.30. The second-order valence-corrected chi connectivity index (χ2v) is 9.68. The number of hydrogen-bond donors (Lipinski definition) is 0. The highest BCUT2D eigenvalue weighted by atomic mass is 35.5. The normalized spacial score (nSPS) is 19.4. The Hall–Kier alpha value is -1.70. The zero-order chi connectivity index (χ0) is 21.6. The van der Waals surface area contributed by atoms with Crippen LogP contribution in [0.5, 0.6) is 0 Å². The molecule has 1 saturated carbocycles. The van der Waals surface area contributed by atoms with Crippen LogP contribution in [0.2, 0.25) is 5.15 Å². The summed E-state index contributed by atoms with van der Waals surface area (Å²) >= 11 is 7.33. The number of benzene rings is 1. The number of amides is 1. The summed E-state index contributed by atoms with van der Waals surface area (Å²) in [4.78, 5) is 20.0. The average Bonchev–Trinajstić information content (AvgIpc) is 3.25. The first-order chi connectivity index (χ1) is 15.1. The van der Waals surface area contributed by atoms with Crippen molar-refractivity contribution in [3.05, 3.63) is 41.0 Å². The van der Waals surface area contributed by atoms with E-state index in [0.29, 0.717) is 11.1 Å². The van der Waals surface area contributed by atoms with Gasteiger partial charge < -0.3 is 9.80 Å². The molecule has 6 nitrogen and oxygen atoms in total. The van der Waals surface area contributed by atoms with Gasteiger partial charge in [0, 0.05) is 51.7 Å². The number of carbonyl (C=O) groups excluding carboxylic acids is 1. The lowest BCUT2D eigenvalue weighted by Crippen LogP contribution is -2.53. The Labute approximate surface area is 194 Å². The number of anilines is 1. The molecule has 1 saturated heterocycles. The molecule has 31 heavy (non-hydrogen) atoms. The molecule has 2 aliphatic rings. The van der Waals surface area contributed by atoms with Crippen molar-refractivity contribution in [2.75, 3.05) is 44.7 Å². The van der Waals surface area contributed by atoms with E-state index in [0.717, 1.165) is 69.5 Å². The molecule has 1 aromatic carbocycles. The fourth-order valence-electron chi connectivity index (χ4n) is 4.83. The van der Waals surface area contributed by atoms with Gasteiger partial charge in [0.05, 0.1) is 11.7 Å². The molecule has 0 radical (unpaired) electrons. The molecule has 4 rings (SSSR count). The summed E-state index contributed by atoms with van der Waals surface area (Å²) < 4.78 is 8.43. The lowest BCUT2D eigenvalue weighted by atomic mass is 9.88. The van der Waals surface area contributed by atoms with Crippen LogP contribution in [0.4, 0.5) is 5.82 Å². The van der Waals surface area contributed by atoms with Crippen molar-refractivity contribution in [2.45, 2.75) is 44.6 Å². The molecule has 168 valence electrons. The minimum Gasteiger partial charge on any atom is -0.351 e. The molecule has 2 aromatic rings. The third-order valence-electron chi connectivity index (χ3n) is 6.74. The van der Waals surface area contributed by atoms with Crippen molar-refractivity contribution in [1.29, 1.82) is 0 Å². The average molecular weight is 462 g/mol. The number of nitrogens with zero attached hydrogens (tertiary/aromatic N) is 5. The number of aromatic nitrogens is 2. The fourth-order valence-corrected chi connectivity index (χ4v) is 5.61. The molecule has 1 unspecified atom stereocenters. The molecule has 2 heterocycles. The summed E-state index contributed by atoms with van der Waals surface area (Å²) in [5, 5.41) is 0.498. The van der Waals surface area contributed by atoms with E-state index in [1.54, 1.807) is 0 Å². The summed E-state index contributed by atoms with van der Waals surface area (Å²) in [7, 11) is 2.02. The summed E-state index contributed by atoms with van der Waals surface area (Å²) in [6.07, 6.45) is 6.61. The molecule has 0 N–H and O–H groups in total. The molecular formula is C23H32ClN5OS. The van der Waals surface area contributed by atoms with Crippen LogP contribution in [0.25, 0.3) is 0 Å². The second-order valence-electron chi connectivity index (χ2n) is 8.79. The predicted molar refractivity (Wildman–Crippen MR) is 127 cm³/mol. The van der Waals surface area contributed by atoms with Crippen LogP contribution >= 0.6 is 23.3 Å². The van der Waals surface area contributed by atoms with E-state index < -0.39 is 0 Å². The first kappa shape index (κ1) is 22.5. The van der Waals surface area contributed by atoms with Crippen molar-refractivity contribution in [3.63, 3.8) is 0 Å². The molecule has 1 aromatic heterocycles. The van der Waals surface area contributed by atoms with Gasteiger partial charge in [-0.25, -0.2) is 0 Å². The fraction of sp³-hybridized carbons (Fsp3) is 0.609. The molecule has 1 aliphatic carbocycles. The van der Waals surface area contributed by atoms with Crippen LogP contribution in [0.15, 0.2) is 30.3 Å². The van der Waals surface area contributed by atoms with E-state index in [1.807, 2.05) is 13.1 Å². The number of piperazine rings is 1. The lowest BCUT2D eigenvalue weighted by Gasteiger charge is -2.39. The monoisotopic (exact) mass is 461 g/mol. The van der Waals surface area contributed by atoms with Crippen LogP contribution in [-0.4, -0.2) is 70.3 Å². The largest absolute Gasteiger partial charge is 0.351 e. The van der Waals surface area contributed by atoms with Crippen molar-refractivity contribution >= 4 is 35.1 Å². The zero-order valence-corrected chi connectivity index (χ0v) is 19.8. The van der Waals surface area contributed by atoms with Crippen LogP contribution in [0, 0.1) is 5.92 Å². The Kier molecular flexibility index (Phi) is 7.80. The van der Waals surface area contributed by atoms with E-state index in [9.17, 15) is 4.79 Å². The van der Waals surface area contributed by atoms with Gasteiger partial charge in [-0.1, -0.05) is 61.2 Å². The minimum atomic E-state index is 0.174. The quantitative estimate of drug-likeness (QED) is 0.624. The summed E-state index contributed by atoms with van der Waals surface area (Å²) in [5.74, 6) is 1.34. The number of rotatable bonds is 7. The summed E-state index contributed by atoms with van der Waals surface area (Å²) in [6.45, 7) is 4.52. The van der Waals surface area contributed by atoms with Gasteiger partial charge in [0.1, 0.15) is 0 Å². The van der Waals surface area contributed by atoms with Gasteiger partial charge in [0.15, 0.2) is 11.0 Å². The maximum absolute atomic E-state index is 13.3. The number of halogens is 1. The number of carbonyl (C=O) groups is 1. The van der Waals surface area contributed by atoms with Gasteiger partial charge in [0.25, 0.3) is 0 Å². The third-order valence-corrected chi connectivity index (χ3v) is 7.61. The van der Waals surface area contributed by atoms with Gasteiger partial charge in [-0.2, -0.15) is 8.75 Å². The molecule has 0 spiro atoms. The Balaban J connectivity index is 1.40. The van der Waals surface area contributed by atoms with Gasteiger partial charge in [-0.3, -0.25) is 9.69 Å². The van der Waals surface area contributed by atoms with Gasteiger partial charge in [-0.15, -0.1) is 0 Å². The maximum Gasteiger partial charge on any atom is 0.225 e. The van der Waals surface area contributed by atoms with Crippen LogP contribution in [0.1, 0.15) is 37.7 Å². The third kappa shape index (κ3) is 5.76. The van der Waals surface area contributed by atoms with E-state index in [-0.39, 0.29) is 12.0 Å². The van der Waals surface area contributed by atoms with E-state index in [4.69, 9.17) is 11.6 Å². The summed E-state index contributed by atoms with van der Waals surface area (Å²) in [6, 6.07) is 10.7. The summed E-state index contributed by atoms with van der Waals surface area (Å²) in [5.41, 5.74) is 1.29. The molecular weight excluding hydrogens is 430 g/mol. The maximum atomic E-state index is 13.3. The standard InChI is InChI=1S/C23H32ClN5OS/c1-27(23(30)19-10-6-3-7-11-19)20(16-18-8-4-2-5-9-18)17-28-12-14-29(15-13-28)22-21(24)25-31-26-22/h2,4-5,8-9,19-20H,3,6-7,10-17H2,1H3. The van der Waals surface area contributed by atoms with Gasteiger partial charge >= 0.3 is 0 Å². The smallest absolute Gasteiger partial charge is 0.225 e. The highest BCUT2D eigenvalue weighted by molar-refractivity contribution is 6.99. The van der Waals surface area contributed by atoms with E-state index in [2.05, 4.69) is 47.7 Å². The van der Waals surface area contributed by atoms with Crippen molar-refractivity contribution in [2.24, 2.45) is 5.92 Å². The van der Waals surface area contributed by atoms with Crippen molar-refractivity contribution < 1.29 is 4.79 Å². The Bertz CT molecular complexity index is 834. The van der Waals surface area contributed by atoms with Crippen molar-refractivity contribution in [3.8, 4) is 0 Å². The predicted octanol–water partition coefficient (Wildman–Crippen LogP) is 3.96. The molecule has 1 amide bonds. The Morgan fingerprint density at radius 2 is 1.84 bits per heavy atom. The van der Waals surface area contributed by atoms with E-state index in [1.165, 1.54) is 24.8 Å². The SMILES string of the molecule is CN(C(=O)C1CCCCC1)C(Cc1ccccc1)CN1CCN(c2nsnc2Cl)CC1. The Morgan fingerprint density at radius 3 is 2.48 bits per heavy atom. The first-order valence-corrected chi connectivity index (χ1v) is 12.5. The second kappa shape index (κ2) is 10.7. The first-order valence-electron chi connectivity index (χ1n) is 11.4. The molecule has 1 aliphatic heterocycles. The molecule has 8 heteroatoms. The lowest BCUT2D eigenvalue weighted by molar-refractivity contribution is -0.137. The zero-order valence-electron chi connectivity index (χ0n) is 18.3. The highest BCUT2D eigenvalue weighted by Crippen LogP contribution is 2.27. The van der Waals surface area contributed by atoms with Crippen LogP contribution in [0.3, 0.4) is 0 Å². The topological polar surface area (TPSA) is 52.6 Å². The number of hydrogen-bond acceptors (Lipinski definition) is 6. The Morgan fingerprint density at radius 1 is 1.13 bits per heavy atom. The molecule has 2 fully saturated rings. The minimum absolute atomic E-state index is 0.174. The van der Waals surface area contributed by atoms with Crippen LogP contribution in [-0.2, 0) is 11.2 Å². The van der Waals surface area contributed by atoms with E-state index >= 15 is 0 Å². The molecule has 0 bridgehead atoms. The van der Waals surface area contributed by atoms with Gasteiger partial charge in [-0.05, 0) is 24.8 Å².